The van der Waals surface area contributed by atoms with Gasteiger partial charge in [-0.1, -0.05) is 30.3 Å². The van der Waals surface area contributed by atoms with E-state index in [2.05, 4.69) is 29.4 Å². The van der Waals surface area contributed by atoms with Crippen LogP contribution >= 0.6 is 0 Å². The fourth-order valence-corrected chi connectivity index (χ4v) is 2.72. The van der Waals surface area contributed by atoms with Crippen LogP contribution in [0.2, 0.25) is 0 Å². The standard InChI is InChI=1S/C16H25N3O/c1-18(12-14-7-4-3-5-8-14)13-16(20)17-11-15-9-6-10-19(15)2/h3-5,7-8,15H,6,9-13H2,1-2H3,(H,17,20). The predicted molar refractivity (Wildman–Crippen MR) is 81.4 cm³/mol. The zero-order chi connectivity index (χ0) is 14.4. The second-order valence-corrected chi connectivity index (χ2v) is 5.74. The lowest BCUT2D eigenvalue weighted by Gasteiger charge is -2.21. The Hall–Kier alpha value is -1.39. The third-order valence-electron chi connectivity index (χ3n) is 3.92. The molecule has 0 spiro atoms. The highest BCUT2D eigenvalue weighted by Gasteiger charge is 2.21. The van der Waals surface area contributed by atoms with Crippen LogP contribution in [0.3, 0.4) is 0 Å². The van der Waals surface area contributed by atoms with E-state index in [0.29, 0.717) is 12.6 Å². The van der Waals surface area contributed by atoms with E-state index < -0.39 is 0 Å². The second kappa shape index (κ2) is 7.41. The molecule has 1 saturated heterocycles. The molecule has 1 heterocycles. The molecule has 1 aromatic carbocycles. The molecule has 1 aliphatic heterocycles. The molecule has 0 radical (unpaired) electrons. The Morgan fingerprint density at radius 1 is 1.40 bits per heavy atom. The molecule has 20 heavy (non-hydrogen) atoms. The number of hydrogen-bond donors (Lipinski definition) is 1. The van der Waals surface area contributed by atoms with Crippen LogP contribution in [0.4, 0.5) is 0 Å². The minimum absolute atomic E-state index is 0.115. The molecule has 4 nitrogen and oxygen atoms in total. The van der Waals surface area contributed by atoms with E-state index in [1.807, 2.05) is 30.1 Å². The Bertz CT molecular complexity index is 421. The van der Waals surface area contributed by atoms with E-state index in [1.165, 1.54) is 18.4 Å². The summed E-state index contributed by atoms with van der Waals surface area (Å²) in [6.07, 6.45) is 2.43. The number of nitrogens with zero attached hydrogens (tertiary/aromatic N) is 2. The van der Waals surface area contributed by atoms with Crippen LogP contribution in [-0.2, 0) is 11.3 Å². The normalized spacial score (nSPS) is 19.4. The summed E-state index contributed by atoms with van der Waals surface area (Å²) in [4.78, 5) is 16.3. The summed E-state index contributed by atoms with van der Waals surface area (Å²) in [5.41, 5.74) is 1.23. The van der Waals surface area contributed by atoms with Gasteiger partial charge in [-0.3, -0.25) is 9.69 Å². The number of benzene rings is 1. The van der Waals surface area contributed by atoms with E-state index in [4.69, 9.17) is 0 Å². The number of carbonyl (C=O) groups is 1. The minimum atomic E-state index is 0.115. The molecule has 1 fully saturated rings. The van der Waals surface area contributed by atoms with Gasteiger partial charge in [0.25, 0.3) is 0 Å². The van der Waals surface area contributed by atoms with E-state index in [1.54, 1.807) is 0 Å². The van der Waals surface area contributed by atoms with Crippen LogP contribution in [-0.4, -0.2) is 55.5 Å². The van der Waals surface area contributed by atoms with Gasteiger partial charge in [-0.2, -0.15) is 0 Å². The van der Waals surface area contributed by atoms with Crippen molar-refractivity contribution in [2.45, 2.75) is 25.4 Å². The Labute approximate surface area is 121 Å². The molecule has 1 aliphatic rings. The Morgan fingerprint density at radius 3 is 2.80 bits per heavy atom. The number of hydrogen-bond acceptors (Lipinski definition) is 3. The second-order valence-electron chi connectivity index (χ2n) is 5.74. The molecular weight excluding hydrogens is 250 g/mol. The van der Waals surface area contributed by atoms with Crippen molar-refractivity contribution in [2.75, 3.05) is 33.7 Å². The van der Waals surface area contributed by atoms with Gasteiger partial charge in [0.05, 0.1) is 6.54 Å². The first-order chi connectivity index (χ1) is 9.65. The quantitative estimate of drug-likeness (QED) is 0.851. The average Bonchev–Trinajstić information content (AvgIpc) is 2.83. The van der Waals surface area contributed by atoms with Gasteiger partial charge in [0, 0.05) is 19.1 Å². The molecule has 0 bridgehead atoms. The molecule has 0 aliphatic carbocycles. The first kappa shape index (κ1) is 15.0. The number of likely N-dealkylation sites (tertiary alicyclic amines) is 1. The van der Waals surface area contributed by atoms with Crippen molar-refractivity contribution in [1.29, 1.82) is 0 Å². The minimum Gasteiger partial charge on any atom is -0.353 e. The van der Waals surface area contributed by atoms with Gasteiger partial charge in [0.15, 0.2) is 0 Å². The van der Waals surface area contributed by atoms with Gasteiger partial charge in [0.2, 0.25) is 5.91 Å². The van der Waals surface area contributed by atoms with Gasteiger partial charge in [-0.05, 0) is 39.0 Å². The van der Waals surface area contributed by atoms with E-state index in [9.17, 15) is 4.79 Å². The summed E-state index contributed by atoms with van der Waals surface area (Å²) in [5, 5.41) is 3.05. The maximum absolute atomic E-state index is 11.9. The smallest absolute Gasteiger partial charge is 0.234 e. The van der Waals surface area contributed by atoms with Crippen LogP contribution in [0, 0.1) is 0 Å². The topological polar surface area (TPSA) is 35.6 Å². The molecular formula is C16H25N3O. The number of rotatable bonds is 6. The van der Waals surface area contributed by atoms with Crippen LogP contribution in [0.25, 0.3) is 0 Å². The Kier molecular flexibility index (Phi) is 5.56. The third kappa shape index (κ3) is 4.62. The number of carbonyl (C=O) groups excluding carboxylic acids is 1. The lowest BCUT2D eigenvalue weighted by atomic mass is 10.2. The van der Waals surface area contributed by atoms with Crippen molar-refractivity contribution >= 4 is 5.91 Å². The summed E-state index contributed by atoms with van der Waals surface area (Å²) >= 11 is 0. The maximum Gasteiger partial charge on any atom is 0.234 e. The first-order valence-corrected chi connectivity index (χ1v) is 7.34. The van der Waals surface area contributed by atoms with Crippen LogP contribution in [0.5, 0.6) is 0 Å². The van der Waals surface area contributed by atoms with Gasteiger partial charge >= 0.3 is 0 Å². The fourth-order valence-electron chi connectivity index (χ4n) is 2.72. The van der Waals surface area contributed by atoms with Gasteiger partial charge in [-0.15, -0.1) is 0 Å². The highest BCUT2D eigenvalue weighted by molar-refractivity contribution is 5.78. The van der Waals surface area contributed by atoms with E-state index in [0.717, 1.165) is 19.6 Å². The summed E-state index contributed by atoms with van der Waals surface area (Å²) in [6.45, 7) is 3.17. The van der Waals surface area contributed by atoms with Gasteiger partial charge < -0.3 is 10.2 Å². The maximum atomic E-state index is 11.9. The zero-order valence-corrected chi connectivity index (χ0v) is 12.5. The SMILES string of the molecule is CN(CC(=O)NCC1CCCN1C)Cc1ccccc1. The fraction of sp³-hybridized carbons (Fsp3) is 0.562. The van der Waals surface area contributed by atoms with Gasteiger partial charge in [0.1, 0.15) is 0 Å². The van der Waals surface area contributed by atoms with Crippen LogP contribution < -0.4 is 5.32 Å². The number of nitrogens with one attached hydrogen (secondary N) is 1. The highest BCUT2D eigenvalue weighted by atomic mass is 16.2. The predicted octanol–water partition coefficient (Wildman–Crippen LogP) is 1.33. The van der Waals surface area contributed by atoms with Crippen molar-refractivity contribution < 1.29 is 4.79 Å². The lowest BCUT2D eigenvalue weighted by molar-refractivity contribution is -0.122. The van der Waals surface area contributed by atoms with Crippen LogP contribution in [0.1, 0.15) is 18.4 Å². The largest absolute Gasteiger partial charge is 0.353 e. The van der Waals surface area contributed by atoms with Gasteiger partial charge in [-0.25, -0.2) is 0 Å². The average molecular weight is 275 g/mol. The molecule has 1 aromatic rings. The van der Waals surface area contributed by atoms with Crippen molar-refractivity contribution in [3.05, 3.63) is 35.9 Å². The summed E-state index contributed by atoms with van der Waals surface area (Å²) in [7, 11) is 4.11. The Balaban J connectivity index is 1.68. The molecule has 110 valence electrons. The van der Waals surface area contributed by atoms with E-state index in [-0.39, 0.29) is 5.91 Å². The molecule has 2 rings (SSSR count). The molecule has 0 saturated carbocycles. The van der Waals surface area contributed by atoms with Crippen molar-refractivity contribution in [3.8, 4) is 0 Å². The van der Waals surface area contributed by atoms with Crippen molar-refractivity contribution in [3.63, 3.8) is 0 Å². The zero-order valence-electron chi connectivity index (χ0n) is 12.5. The highest BCUT2D eigenvalue weighted by Crippen LogP contribution is 2.13. The monoisotopic (exact) mass is 275 g/mol. The summed E-state index contributed by atoms with van der Waals surface area (Å²) in [5.74, 6) is 0.115. The third-order valence-corrected chi connectivity index (χ3v) is 3.92. The molecule has 1 atom stereocenters. The van der Waals surface area contributed by atoms with Crippen LogP contribution in [0.15, 0.2) is 30.3 Å². The summed E-state index contributed by atoms with van der Waals surface area (Å²) in [6, 6.07) is 10.7. The molecule has 1 unspecified atom stereocenters. The number of likely N-dealkylation sites (N-methyl/N-ethyl adjacent to an activating group) is 2. The van der Waals surface area contributed by atoms with E-state index >= 15 is 0 Å². The molecule has 4 heteroatoms. The van der Waals surface area contributed by atoms with Crippen molar-refractivity contribution in [1.82, 2.24) is 15.1 Å². The first-order valence-electron chi connectivity index (χ1n) is 7.34. The Morgan fingerprint density at radius 2 is 2.15 bits per heavy atom. The summed E-state index contributed by atoms with van der Waals surface area (Å²) < 4.78 is 0. The molecule has 1 N–H and O–H groups in total. The number of amides is 1. The lowest BCUT2D eigenvalue weighted by Crippen LogP contribution is -2.41. The molecule has 0 aromatic heterocycles. The molecule has 1 amide bonds. The van der Waals surface area contributed by atoms with Crippen molar-refractivity contribution in [2.24, 2.45) is 0 Å².